The highest BCUT2D eigenvalue weighted by Gasteiger charge is 2.32. The summed E-state index contributed by atoms with van der Waals surface area (Å²) in [4.78, 5) is 4.40. The highest BCUT2D eigenvalue weighted by Crippen LogP contribution is 2.35. The molecule has 1 aliphatic heterocycles. The molecule has 0 amide bonds. The Kier molecular flexibility index (Phi) is 4.11. The molecule has 0 bridgehead atoms. The Morgan fingerprint density at radius 1 is 1.45 bits per heavy atom. The summed E-state index contributed by atoms with van der Waals surface area (Å²) in [6.07, 6.45) is 2.23. The minimum Gasteiger partial charge on any atom is -0.481 e. The zero-order valence-corrected chi connectivity index (χ0v) is 14.4. The molecule has 1 saturated heterocycles. The molecule has 2 N–H and O–H groups in total. The van der Waals surface area contributed by atoms with Crippen molar-refractivity contribution in [1.82, 2.24) is 9.29 Å². The fourth-order valence-electron chi connectivity index (χ4n) is 2.69. The summed E-state index contributed by atoms with van der Waals surface area (Å²) in [5.41, 5.74) is 5.84. The highest BCUT2D eigenvalue weighted by atomic mass is 79.9. The van der Waals surface area contributed by atoms with Gasteiger partial charge in [0, 0.05) is 40.6 Å². The number of benzene rings is 1. The lowest BCUT2D eigenvalue weighted by atomic mass is 10.2. The number of hydrogen-bond acceptors (Lipinski definition) is 5. The fourth-order valence-corrected chi connectivity index (χ4v) is 5.09. The Hall–Kier alpha value is -1.22. The monoisotopic (exact) mass is 385 g/mol. The topological polar surface area (TPSA) is 85.5 Å². The van der Waals surface area contributed by atoms with Gasteiger partial charge >= 0.3 is 0 Å². The van der Waals surface area contributed by atoms with E-state index in [-0.39, 0.29) is 10.9 Å². The molecule has 0 saturated carbocycles. The Bertz CT molecular complexity index is 825. The van der Waals surface area contributed by atoms with Gasteiger partial charge in [-0.05, 0) is 34.5 Å². The first-order chi connectivity index (χ1) is 10.4. The predicted molar refractivity (Wildman–Crippen MR) is 87.3 cm³/mol. The number of halogens is 1. The van der Waals surface area contributed by atoms with Crippen LogP contribution in [0.2, 0.25) is 0 Å². The van der Waals surface area contributed by atoms with Crippen molar-refractivity contribution in [1.29, 1.82) is 0 Å². The molecule has 6 nitrogen and oxygen atoms in total. The van der Waals surface area contributed by atoms with E-state index in [1.54, 1.807) is 24.4 Å². The van der Waals surface area contributed by atoms with Crippen molar-refractivity contribution in [3.63, 3.8) is 0 Å². The summed E-state index contributed by atoms with van der Waals surface area (Å²) >= 11 is 3.40. The van der Waals surface area contributed by atoms with Crippen molar-refractivity contribution in [3.05, 3.63) is 28.9 Å². The largest absolute Gasteiger partial charge is 0.481 e. The Morgan fingerprint density at radius 2 is 2.23 bits per heavy atom. The molecule has 0 unspecified atom stereocenters. The molecule has 1 aliphatic rings. The van der Waals surface area contributed by atoms with Crippen molar-refractivity contribution in [2.45, 2.75) is 17.4 Å². The zero-order valence-electron chi connectivity index (χ0n) is 12.0. The van der Waals surface area contributed by atoms with Gasteiger partial charge in [0.2, 0.25) is 15.9 Å². The summed E-state index contributed by atoms with van der Waals surface area (Å²) in [5.74, 6) is 0.397. The first-order valence-electron chi connectivity index (χ1n) is 6.82. The number of fused-ring (bicyclic) bond motifs is 1. The van der Waals surface area contributed by atoms with E-state index in [1.165, 1.54) is 11.4 Å². The number of hydrogen-bond donors (Lipinski definition) is 1. The lowest BCUT2D eigenvalue weighted by molar-refractivity contribution is 0.403. The molecule has 3 rings (SSSR count). The number of aromatic nitrogens is 1. The summed E-state index contributed by atoms with van der Waals surface area (Å²) in [6.45, 7) is 0.790. The average molecular weight is 386 g/mol. The van der Waals surface area contributed by atoms with Crippen LogP contribution in [0.4, 0.5) is 0 Å². The number of rotatable bonds is 3. The van der Waals surface area contributed by atoms with E-state index in [1.807, 2.05) is 0 Å². The van der Waals surface area contributed by atoms with Crippen molar-refractivity contribution in [2.24, 2.45) is 5.73 Å². The van der Waals surface area contributed by atoms with Crippen LogP contribution < -0.4 is 10.5 Å². The number of sulfonamides is 1. The van der Waals surface area contributed by atoms with E-state index < -0.39 is 10.0 Å². The zero-order chi connectivity index (χ0) is 15.9. The van der Waals surface area contributed by atoms with E-state index in [9.17, 15) is 8.42 Å². The van der Waals surface area contributed by atoms with E-state index in [0.717, 1.165) is 0 Å². The molecule has 22 heavy (non-hydrogen) atoms. The fraction of sp³-hybridized carbons (Fsp3) is 0.357. The molecule has 2 heterocycles. The van der Waals surface area contributed by atoms with Crippen LogP contribution in [0.25, 0.3) is 10.8 Å². The smallest absolute Gasteiger partial charge is 0.243 e. The van der Waals surface area contributed by atoms with Crippen LogP contribution in [0.15, 0.2) is 33.8 Å². The minimum absolute atomic E-state index is 0.107. The van der Waals surface area contributed by atoms with Crippen LogP contribution in [0.1, 0.15) is 6.42 Å². The van der Waals surface area contributed by atoms with Gasteiger partial charge in [-0.25, -0.2) is 13.4 Å². The first kappa shape index (κ1) is 15.7. The quantitative estimate of drug-likeness (QED) is 0.869. The lowest BCUT2D eigenvalue weighted by Gasteiger charge is -2.18. The van der Waals surface area contributed by atoms with Crippen LogP contribution in [-0.2, 0) is 10.0 Å². The first-order valence-corrected chi connectivity index (χ1v) is 9.05. The van der Waals surface area contributed by atoms with Crippen LogP contribution in [0, 0.1) is 0 Å². The molecule has 1 atom stereocenters. The maximum absolute atomic E-state index is 12.9. The molecule has 1 aromatic heterocycles. The second-order valence-corrected chi connectivity index (χ2v) is 7.97. The third kappa shape index (κ3) is 2.50. The summed E-state index contributed by atoms with van der Waals surface area (Å²) in [7, 11) is -2.10. The van der Waals surface area contributed by atoms with Crippen LogP contribution in [-0.4, -0.2) is 43.9 Å². The average Bonchev–Trinajstić information content (AvgIpc) is 2.94. The van der Waals surface area contributed by atoms with E-state index in [4.69, 9.17) is 10.5 Å². The number of methoxy groups -OCH3 is 1. The lowest BCUT2D eigenvalue weighted by Crippen LogP contribution is -2.32. The van der Waals surface area contributed by atoms with Gasteiger partial charge in [0.05, 0.1) is 12.0 Å². The van der Waals surface area contributed by atoms with Gasteiger partial charge in [-0.1, -0.05) is 6.07 Å². The normalized spacial score (nSPS) is 19.7. The SMILES string of the molecule is COc1ncc(Br)c2c(S(=O)(=O)N3CC[C@H](N)C3)cccc12. The standard InChI is InChI=1S/C14H16BrN3O3S/c1-21-14-10-3-2-4-12(13(10)11(15)7-17-14)22(19,20)18-6-5-9(16)8-18/h2-4,7,9H,5-6,8,16H2,1H3/t9-/m0/s1. The van der Waals surface area contributed by atoms with Gasteiger partial charge in [-0.2, -0.15) is 4.31 Å². The Labute approximate surface area is 137 Å². The van der Waals surface area contributed by atoms with Gasteiger partial charge in [0.1, 0.15) is 0 Å². The number of nitrogens with zero attached hydrogens (tertiary/aromatic N) is 2. The molecular formula is C14H16BrN3O3S. The molecule has 0 radical (unpaired) electrons. The summed E-state index contributed by atoms with van der Waals surface area (Å²) in [6, 6.07) is 4.98. The Morgan fingerprint density at radius 3 is 2.86 bits per heavy atom. The molecule has 118 valence electrons. The molecule has 2 aromatic rings. The second kappa shape index (κ2) is 5.77. The summed E-state index contributed by atoms with van der Waals surface area (Å²) < 4.78 is 33.2. The molecule has 0 aliphatic carbocycles. The predicted octanol–water partition coefficient (Wildman–Crippen LogP) is 1.73. The van der Waals surface area contributed by atoms with Gasteiger partial charge in [-0.3, -0.25) is 0 Å². The second-order valence-electron chi connectivity index (χ2n) is 5.21. The number of nitrogens with two attached hydrogens (primary N) is 1. The third-order valence-electron chi connectivity index (χ3n) is 3.79. The number of ether oxygens (including phenoxy) is 1. The van der Waals surface area contributed by atoms with Crippen LogP contribution in [0.3, 0.4) is 0 Å². The molecule has 1 fully saturated rings. The van der Waals surface area contributed by atoms with Gasteiger partial charge < -0.3 is 10.5 Å². The highest BCUT2D eigenvalue weighted by molar-refractivity contribution is 9.10. The number of pyridine rings is 1. The third-order valence-corrected chi connectivity index (χ3v) is 6.30. The maximum atomic E-state index is 12.9. The van der Waals surface area contributed by atoms with E-state index in [2.05, 4.69) is 20.9 Å². The molecule has 1 aromatic carbocycles. The van der Waals surface area contributed by atoms with Crippen molar-refractivity contribution in [3.8, 4) is 5.88 Å². The molecule has 8 heteroatoms. The Balaban J connectivity index is 2.23. The molecular weight excluding hydrogens is 370 g/mol. The van der Waals surface area contributed by atoms with Crippen LogP contribution in [0.5, 0.6) is 5.88 Å². The van der Waals surface area contributed by atoms with Crippen molar-refractivity contribution in [2.75, 3.05) is 20.2 Å². The van der Waals surface area contributed by atoms with Crippen molar-refractivity contribution >= 4 is 36.7 Å². The molecule has 0 spiro atoms. The minimum atomic E-state index is -3.61. The van der Waals surface area contributed by atoms with Gasteiger partial charge in [0.15, 0.2) is 0 Å². The maximum Gasteiger partial charge on any atom is 0.243 e. The van der Waals surface area contributed by atoms with Crippen molar-refractivity contribution < 1.29 is 13.2 Å². The van der Waals surface area contributed by atoms with Gasteiger partial charge in [0.25, 0.3) is 0 Å². The van der Waals surface area contributed by atoms with E-state index >= 15 is 0 Å². The van der Waals surface area contributed by atoms with Crippen LogP contribution >= 0.6 is 15.9 Å². The summed E-state index contributed by atoms with van der Waals surface area (Å²) in [5, 5.41) is 1.23. The van der Waals surface area contributed by atoms with E-state index in [0.29, 0.717) is 40.6 Å². The van der Waals surface area contributed by atoms with Gasteiger partial charge in [-0.15, -0.1) is 0 Å².